The van der Waals surface area contributed by atoms with Crippen LogP contribution in [0, 0.1) is 4.77 Å². The standard InChI is InChI=1S/C15H11ClN4OS/c16-12-3-1-2-11(8-12)14-18-19-15(22)20(14)17-9-10-4-6-13(21)7-5-10/h1-9,21H,(H,19,22)/b17-9-. The molecule has 0 atom stereocenters. The van der Waals surface area contributed by atoms with Gasteiger partial charge in [0.2, 0.25) is 4.77 Å². The Hall–Kier alpha value is -2.44. The van der Waals surface area contributed by atoms with Gasteiger partial charge in [-0.2, -0.15) is 14.9 Å². The number of phenolic OH excluding ortho intramolecular Hbond substituents is 1. The van der Waals surface area contributed by atoms with Crippen LogP contribution in [-0.2, 0) is 0 Å². The van der Waals surface area contributed by atoms with Crippen LogP contribution in [0.1, 0.15) is 5.56 Å². The summed E-state index contributed by atoms with van der Waals surface area (Å²) < 4.78 is 1.90. The van der Waals surface area contributed by atoms with E-state index in [1.807, 2.05) is 12.1 Å². The first-order valence-electron chi connectivity index (χ1n) is 6.40. The molecule has 0 amide bonds. The van der Waals surface area contributed by atoms with Gasteiger partial charge in [0.25, 0.3) is 0 Å². The number of aromatic amines is 1. The van der Waals surface area contributed by atoms with Crippen molar-refractivity contribution in [2.45, 2.75) is 0 Å². The van der Waals surface area contributed by atoms with E-state index in [1.165, 1.54) is 4.68 Å². The fourth-order valence-electron chi connectivity index (χ4n) is 1.90. The molecule has 1 aromatic heterocycles. The number of halogens is 1. The minimum atomic E-state index is 0.205. The largest absolute Gasteiger partial charge is 0.508 e. The molecular formula is C15H11ClN4OS. The first-order valence-corrected chi connectivity index (χ1v) is 7.19. The van der Waals surface area contributed by atoms with Gasteiger partial charge in [0.1, 0.15) is 5.75 Å². The maximum Gasteiger partial charge on any atom is 0.216 e. The Labute approximate surface area is 136 Å². The third-order valence-corrected chi connectivity index (χ3v) is 3.45. The normalized spacial score (nSPS) is 11.1. The first-order chi connectivity index (χ1) is 10.6. The minimum Gasteiger partial charge on any atom is -0.508 e. The van der Waals surface area contributed by atoms with Crippen LogP contribution < -0.4 is 0 Å². The Kier molecular flexibility index (Phi) is 4.04. The van der Waals surface area contributed by atoms with Crippen LogP contribution in [0.4, 0.5) is 0 Å². The lowest BCUT2D eigenvalue weighted by molar-refractivity contribution is 0.475. The third kappa shape index (κ3) is 3.08. The number of aromatic nitrogens is 3. The summed E-state index contributed by atoms with van der Waals surface area (Å²) in [6.07, 6.45) is 1.64. The highest BCUT2D eigenvalue weighted by Crippen LogP contribution is 2.21. The highest BCUT2D eigenvalue weighted by atomic mass is 35.5. The smallest absolute Gasteiger partial charge is 0.216 e. The van der Waals surface area contributed by atoms with Crippen LogP contribution in [0.15, 0.2) is 53.6 Å². The number of hydrogen-bond acceptors (Lipinski definition) is 4. The molecule has 2 N–H and O–H groups in total. The van der Waals surface area contributed by atoms with E-state index in [1.54, 1.807) is 42.6 Å². The van der Waals surface area contributed by atoms with E-state index in [-0.39, 0.29) is 5.75 Å². The van der Waals surface area contributed by atoms with E-state index in [4.69, 9.17) is 23.8 Å². The Balaban J connectivity index is 1.99. The van der Waals surface area contributed by atoms with E-state index >= 15 is 0 Å². The second-order valence-electron chi connectivity index (χ2n) is 4.51. The van der Waals surface area contributed by atoms with E-state index in [9.17, 15) is 5.11 Å². The van der Waals surface area contributed by atoms with Crippen LogP contribution in [0.2, 0.25) is 5.02 Å². The van der Waals surface area contributed by atoms with Crippen LogP contribution in [0.3, 0.4) is 0 Å². The summed E-state index contributed by atoms with van der Waals surface area (Å²) in [6.45, 7) is 0. The molecule has 22 heavy (non-hydrogen) atoms. The second-order valence-corrected chi connectivity index (χ2v) is 5.33. The average Bonchev–Trinajstić information content (AvgIpc) is 2.88. The molecule has 5 nitrogen and oxygen atoms in total. The molecule has 0 saturated heterocycles. The van der Waals surface area contributed by atoms with Crippen molar-refractivity contribution in [2.24, 2.45) is 5.10 Å². The van der Waals surface area contributed by atoms with Gasteiger partial charge in [-0.15, -0.1) is 0 Å². The number of phenols is 1. The molecule has 0 spiro atoms. The fourth-order valence-corrected chi connectivity index (χ4v) is 2.27. The van der Waals surface area contributed by atoms with Gasteiger partial charge in [0.15, 0.2) is 5.82 Å². The quantitative estimate of drug-likeness (QED) is 0.566. The molecule has 7 heteroatoms. The molecule has 0 saturated carbocycles. The number of H-pyrrole nitrogens is 1. The van der Waals surface area contributed by atoms with E-state index in [0.29, 0.717) is 15.6 Å². The van der Waals surface area contributed by atoms with Crippen molar-refractivity contribution in [1.82, 2.24) is 14.9 Å². The molecule has 0 aliphatic rings. The van der Waals surface area contributed by atoms with Gasteiger partial charge in [0, 0.05) is 10.6 Å². The van der Waals surface area contributed by atoms with E-state index < -0.39 is 0 Å². The highest BCUT2D eigenvalue weighted by molar-refractivity contribution is 7.71. The zero-order chi connectivity index (χ0) is 15.5. The van der Waals surface area contributed by atoms with Crippen molar-refractivity contribution in [3.63, 3.8) is 0 Å². The van der Waals surface area contributed by atoms with Crippen molar-refractivity contribution >= 4 is 30.0 Å². The van der Waals surface area contributed by atoms with Gasteiger partial charge < -0.3 is 5.11 Å². The lowest BCUT2D eigenvalue weighted by Crippen LogP contribution is -1.95. The van der Waals surface area contributed by atoms with Crippen molar-refractivity contribution in [1.29, 1.82) is 0 Å². The van der Waals surface area contributed by atoms with Gasteiger partial charge in [-0.25, -0.2) is 5.10 Å². The van der Waals surface area contributed by atoms with Gasteiger partial charge >= 0.3 is 0 Å². The van der Waals surface area contributed by atoms with Crippen LogP contribution >= 0.6 is 23.8 Å². The van der Waals surface area contributed by atoms with E-state index in [2.05, 4.69) is 15.3 Å². The molecular weight excluding hydrogens is 320 g/mol. The minimum absolute atomic E-state index is 0.205. The number of hydrogen-bond donors (Lipinski definition) is 2. The summed E-state index contributed by atoms with van der Waals surface area (Å²) in [5, 5.41) is 21.1. The molecule has 0 radical (unpaired) electrons. The highest BCUT2D eigenvalue weighted by Gasteiger charge is 2.08. The van der Waals surface area contributed by atoms with Gasteiger partial charge in [0.05, 0.1) is 6.21 Å². The van der Waals surface area contributed by atoms with E-state index in [0.717, 1.165) is 11.1 Å². The summed E-state index contributed by atoms with van der Waals surface area (Å²) in [4.78, 5) is 0. The topological polar surface area (TPSA) is 66.2 Å². The lowest BCUT2D eigenvalue weighted by atomic mass is 10.2. The van der Waals surface area contributed by atoms with Gasteiger partial charge in [-0.05, 0) is 54.2 Å². The SMILES string of the molecule is Oc1ccc(/C=N\n2c(-c3cccc(Cl)c3)n[nH]c2=S)cc1. The Morgan fingerprint density at radius 1 is 1.23 bits per heavy atom. The molecule has 110 valence electrons. The summed E-state index contributed by atoms with van der Waals surface area (Å²) in [5.41, 5.74) is 1.64. The molecule has 0 bridgehead atoms. The zero-order valence-corrected chi connectivity index (χ0v) is 12.8. The average molecular weight is 331 g/mol. The summed E-state index contributed by atoms with van der Waals surface area (Å²) >= 11 is 11.2. The number of nitrogens with zero attached hydrogens (tertiary/aromatic N) is 3. The first kappa shape index (κ1) is 14.5. The lowest BCUT2D eigenvalue weighted by Gasteiger charge is -2.01. The monoisotopic (exact) mass is 330 g/mol. The molecule has 0 fully saturated rings. The van der Waals surface area contributed by atoms with Crippen LogP contribution in [0.5, 0.6) is 5.75 Å². The van der Waals surface area contributed by atoms with Gasteiger partial charge in [-0.1, -0.05) is 23.7 Å². The predicted octanol–water partition coefficient (Wildman–Crippen LogP) is 3.85. The molecule has 2 aromatic carbocycles. The zero-order valence-electron chi connectivity index (χ0n) is 11.3. The number of benzene rings is 2. The summed E-state index contributed by atoms with van der Waals surface area (Å²) in [7, 11) is 0. The van der Waals surface area contributed by atoms with Crippen molar-refractivity contribution in [2.75, 3.05) is 0 Å². The van der Waals surface area contributed by atoms with Crippen molar-refractivity contribution < 1.29 is 5.11 Å². The third-order valence-electron chi connectivity index (χ3n) is 2.95. The predicted molar refractivity (Wildman–Crippen MR) is 89.0 cm³/mol. The fraction of sp³-hybridized carbons (Fsp3) is 0. The van der Waals surface area contributed by atoms with Gasteiger partial charge in [-0.3, -0.25) is 0 Å². The number of nitrogens with one attached hydrogen (secondary N) is 1. The summed E-state index contributed by atoms with van der Waals surface area (Å²) in [5.74, 6) is 0.777. The van der Waals surface area contributed by atoms with Crippen LogP contribution in [-0.4, -0.2) is 26.2 Å². The molecule has 0 aliphatic carbocycles. The number of aromatic hydroxyl groups is 1. The molecule has 3 rings (SSSR count). The maximum atomic E-state index is 9.28. The number of rotatable bonds is 3. The molecule has 0 unspecified atom stereocenters. The van der Waals surface area contributed by atoms with Crippen LogP contribution in [0.25, 0.3) is 11.4 Å². The Bertz CT molecular complexity index is 883. The maximum absolute atomic E-state index is 9.28. The molecule has 0 aliphatic heterocycles. The Morgan fingerprint density at radius 3 is 2.73 bits per heavy atom. The Morgan fingerprint density at radius 2 is 2.00 bits per heavy atom. The summed E-state index contributed by atoms with van der Waals surface area (Å²) in [6, 6.07) is 14.0. The molecule has 1 heterocycles. The molecule has 3 aromatic rings. The van der Waals surface area contributed by atoms with Crippen molar-refractivity contribution in [3.8, 4) is 17.1 Å². The van der Waals surface area contributed by atoms with Crippen molar-refractivity contribution in [3.05, 3.63) is 63.9 Å². The second kappa shape index (κ2) is 6.13.